The SMILES string of the molecule is C1=CNC(=c2ccc3cccc4cccc2c43)C=C1. The molecule has 0 unspecified atom stereocenters. The second-order valence-corrected chi connectivity index (χ2v) is 4.77. The maximum Gasteiger partial charge on any atom is 0.0459 e. The first-order chi connectivity index (χ1) is 9.43. The average molecular weight is 243 g/mol. The molecule has 1 heteroatoms. The summed E-state index contributed by atoms with van der Waals surface area (Å²) in [5.41, 5.74) is 1.15. The summed E-state index contributed by atoms with van der Waals surface area (Å²) in [5, 5.41) is 9.83. The van der Waals surface area contributed by atoms with Gasteiger partial charge in [-0.15, -0.1) is 0 Å². The fourth-order valence-electron chi connectivity index (χ4n) is 2.79. The van der Waals surface area contributed by atoms with Crippen LogP contribution in [-0.4, -0.2) is 0 Å². The fourth-order valence-corrected chi connectivity index (χ4v) is 2.79. The maximum absolute atomic E-state index is 3.32. The van der Waals surface area contributed by atoms with Crippen molar-refractivity contribution < 1.29 is 0 Å². The molecule has 1 nitrogen and oxygen atoms in total. The molecular weight excluding hydrogens is 230 g/mol. The Balaban J connectivity index is 2.23. The fraction of sp³-hybridized carbons (Fsp3) is 0. The van der Waals surface area contributed by atoms with Crippen LogP contribution >= 0.6 is 0 Å². The third-order valence-electron chi connectivity index (χ3n) is 3.66. The summed E-state index contributed by atoms with van der Waals surface area (Å²) in [6.07, 6.45) is 8.15. The lowest BCUT2D eigenvalue weighted by Crippen LogP contribution is -2.16. The molecule has 0 bridgehead atoms. The molecule has 1 N–H and O–H groups in total. The van der Waals surface area contributed by atoms with Crippen molar-refractivity contribution in [3.8, 4) is 0 Å². The second kappa shape index (κ2) is 3.99. The number of benzene rings is 3. The lowest BCUT2D eigenvalue weighted by molar-refractivity contribution is 1.21. The molecule has 0 aromatic heterocycles. The van der Waals surface area contributed by atoms with Crippen LogP contribution in [0.2, 0.25) is 0 Å². The zero-order valence-corrected chi connectivity index (χ0v) is 10.4. The van der Waals surface area contributed by atoms with Gasteiger partial charge in [-0.2, -0.15) is 0 Å². The lowest BCUT2D eigenvalue weighted by atomic mass is 9.98. The average Bonchev–Trinajstić information content (AvgIpc) is 2.49. The molecule has 0 saturated carbocycles. The van der Waals surface area contributed by atoms with Gasteiger partial charge in [-0.3, -0.25) is 0 Å². The van der Waals surface area contributed by atoms with Crippen molar-refractivity contribution in [2.75, 3.05) is 0 Å². The summed E-state index contributed by atoms with van der Waals surface area (Å²) < 4.78 is 0. The molecule has 4 rings (SSSR count). The van der Waals surface area contributed by atoms with E-state index in [1.807, 2.05) is 12.3 Å². The minimum absolute atomic E-state index is 1.15. The minimum atomic E-state index is 1.15. The van der Waals surface area contributed by atoms with Crippen molar-refractivity contribution in [3.63, 3.8) is 0 Å². The van der Waals surface area contributed by atoms with Gasteiger partial charge in [-0.05, 0) is 33.7 Å². The van der Waals surface area contributed by atoms with Gasteiger partial charge in [0.2, 0.25) is 0 Å². The normalized spacial score (nSPS) is 17.1. The van der Waals surface area contributed by atoms with Crippen LogP contribution in [0.5, 0.6) is 0 Å². The number of dihydropyridines is 1. The van der Waals surface area contributed by atoms with E-state index in [1.54, 1.807) is 0 Å². The molecule has 19 heavy (non-hydrogen) atoms. The molecular formula is C18H13N. The summed E-state index contributed by atoms with van der Waals surface area (Å²) in [6, 6.07) is 17.4. The Kier molecular flexibility index (Phi) is 2.18. The lowest BCUT2D eigenvalue weighted by Gasteiger charge is -2.10. The molecule has 90 valence electrons. The number of nitrogens with one attached hydrogen (secondary N) is 1. The third kappa shape index (κ3) is 1.55. The smallest absolute Gasteiger partial charge is 0.0459 e. The molecule has 3 aromatic rings. The third-order valence-corrected chi connectivity index (χ3v) is 3.66. The molecule has 3 aromatic carbocycles. The van der Waals surface area contributed by atoms with E-state index in [4.69, 9.17) is 0 Å². The predicted octanol–water partition coefficient (Wildman–Crippen LogP) is 3.49. The first-order valence-corrected chi connectivity index (χ1v) is 6.48. The van der Waals surface area contributed by atoms with Crippen LogP contribution in [0.1, 0.15) is 0 Å². The molecule has 0 radical (unpaired) electrons. The summed E-state index contributed by atoms with van der Waals surface area (Å²) in [7, 11) is 0. The van der Waals surface area contributed by atoms with Gasteiger partial charge in [0.15, 0.2) is 0 Å². The van der Waals surface area contributed by atoms with E-state index in [1.165, 1.54) is 26.8 Å². The number of hydrogen-bond acceptors (Lipinski definition) is 1. The summed E-state index contributed by atoms with van der Waals surface area (Å²) in [5.74, 6) is 0. The highest BCUT2D eigenvalue weighted by atomic mass is 14.8. The first-order valence-electron chi connectivity index (χ1n) is 6.48. The molecule has 1 heterocycles. The van der Waals surface area contributed by atoms with E-state index >= 15 is 0 Å². The van der Waals surface area contributed by atoms with Gasteiger partial charge >= 0.3 is 0 Å². The van der Waals surface area contributed by atoms with Crippen LogP contribution in [0.4, 0.5) is 0 Å². The van der Waals surface area contributed by atoms with E-state index in [0.717, 1.165) is 5.70 Å². The molecule has 0 amide bonds. The highest BCUT2D eigenvalue weighted by Gasteiger charge is 2.04. The quantitative estimate of drug-likeness (QED) is 0.637. The molecule has 0 aliphatic carbocycles. The van der Waals surface area contributed by atoms with Gasteiger partial charge in [0, 0.05) is 17.1 Å². The van der Waals surface area contributed by atoms with Crippen LogP contribution in [0, 0.1) is 0 Å². The van der Waals surface area contributed by atoms with Crippen LogP contribution in [0.3, 0.4) is 0 Å². The Morgan fingerprint density at radius 3 is 2.32 bits per heavy atom. The number of allylic oxidation sites excluding steroid dienone is 2. The number of hydrogen-bond donors (Lipinski definition) is 1. The van der Waals surface area contributed by atoms with Crippen molar-refractivity contribution >= 4 is 27.2 Å². The molecule has 0 spiro atoms. The predicted molar refractivity (Wildman–Crippen MR) is 81.5 cm³/mol. The Morgan fingerprint density at radius 1 is 0.737 bits per heavy atom. The van der Waals surface area contributed by atoms with E-state index in [9.17, 15) is 0 Å². The van der Waals surface area contributed by atoms with Gasteiger partial charge < -0.3 is 5.32 Å². The van der Waals surface area contributed by atoms with Crippen molar-refractivity contribution in [2.45, 2.75) is 0 Å². The summed E-state index contributed by atoms with van der Waals surface area (Å²) >= 11 is 0. The van der Waals surface area contributed by atoms with Crippen LogP contribution < -0.4 is 10.5 Å². The van der Waals surface area contributed by atoms with Gasteiger partial charge in [-0.1, -0.05) is 54.6 Å². The van der Waals surface area contributed by atoms with Crippen molar-refractivity contribution in [2.24, 2.45) is 0 Å². The first kappa shape index (κ1) is 10.4. The molecule has 1 aliphatic rings. The highest BCUT2D eigenvalue weighted by Crippen LogP contribution is 2.24. The van der Waals surface area contributed by atoms with Crippen molar-refractivity contribution in [1.82, 2.24) is 5.32 Å². The monoisotopic (exact) mass is 243 g/mol. The van der Waals surface area contributed by atoms with Crippen LogP contribution in [-0.2, 0) is 0 Å². The van der Waals surface area contributed by atoms with E-state index in [0.29, 0.717) is 0 Å². The number of rotatable bonds is 0. The largest absolute Gasteiger partial charge is 0.361 e. The van der Waals surface area contributed by atoms with Crippen molar-refractivity contribution in [1.29, 1.82) is 0 Å². The molecule has 0 saturated heterocycles. The van der Waals surface area contributed by atoms with E-state index in [-0.39, 0.29) is 0 Å². The Bertz CT molecular complexity index is 862. The standard InChI is InChI=1S/C18H13N/c1-2-12-19-17(9-1)15-11-10-14-6-3-5-13-7-4-8-16(15)18(13)14/h1-12,19H. The zero-order chi connectivity index (χ0) is 12.7. The van der Waals surface area contributed by atoms with Gasteiger partial charge in [0.05, 0.1) is 0 Å². The Morgan fingerprint density at radius 2 is 1.53 bits per heavy atom. The van der Waals surface area contributed by atoms with Gasteiger partial charge in [0.1, 0.15) is 0 Å². The topological polar surface area (TPSA) is 12.0 Å². The van der Waals surface area contributed by atoms with Crippen LogP contribution in [0.25, 0.3) is 27.2 Å². The highest BCUT2D eigenvalue weighted by molar-refractivity contribution is 6.10. The molecule has 0 fully saturated rings. The van der Waals surface area contributed by atoms with Crippen molar-refractivity contribution in [3.05, 3.63) is 78.2 Å². The Hall–Kier alpha value is -2.54. The Labute approximate surface area is 111 Å². The minimum Gasteiger partial charge on any atom is -0.361 e. The second-order valence-electron chi connectivity index (χ2n) is 4.77. The summed E-state index contributed by atoms with van der Waals surface area (Å²) in [4.78, 5) is 0. The van der Waals surface area contributed by atoms with Crippen LogP contribution in [0.15, 0.2) is 73.0 Å². The van der Waals surface area contributed by atoms with Gasteiger partial charge in [-0.25, -0.2) is 0 Å². The molecule has 1 aliphatic heterocycles. The zero-order valence-electron chi connectivity index (χ0n) is 10.4. The van der Waals surface area contributed by atoms with E-state index < -0.39 is 0 Å². The van der Waals surface area contributed by atoms with Gasteiger partial charge in [0.25, 0.3) is 0 Å². The maximum atomic E-state index is 3.32. The summed E-state index contributed by atoms with van der Waals surface area (Å²) in [6.45, 7) is 0. The van der Waals surface area contributed by atoms with E-state index in [2.05, 4.69) is 66.0 Å². The molecule has 0 atom stereocenters.